The molecule has 0 aliphatic carbocycles. The summed E-state index contributed by atoms with van der Waals surface area (Å²) in [6, 6.07) is 20.2. The van der Waals surface area contributed by atoms with Gasteiger partial charge >= 0.3 is 0 Å². The van der Waals surface area contributed by atoms with Gasteiger partial charge in [-0.2, -0.15) is 0 Å². The number of anilines is 3. The Bertz CT molecular complexity index is 1270. The van der Waals surface area contributed by atoms with Crippen molar-refractivity contribution in [1.29, 1.82) is 0 Å². The third-order valence-electron chi connectivity index (χ3n) is 6.60. The standard InChI is InChI=1S/C29H31N3O5/c1-20-26(30-28(33)21-5-2-7-23(17-21)32-12-15-35-16-13-32)9-4-10-27(20)31-29(34)22-6-3-8-24(18-22)37-25-11-14-36-19-25/h2-10,17-18,25H,11-16,19H2,1H3,(H,30,33)(H,31,34)/t25-/m0/s1. The molecule has 2 heterocycles. The van der Waals surface area contributed by atoms with Crippen LogP contribution in [-0.4, -0.2) is 57.4 Å². The lowest BCUT2D eigenvalue weighted by molar-refractivity contribution is 0.101. The van der Waals surface area contributed by atoms with Gasteiger partial charge in [0.2, 0.25) is 0 Å². The zero-order chi connectivity index (χ0) is 25.6. The molecule has 0 aromatic heterocycles. The predicted molar refractivity (Wildman–Crippen MR) is 143 cm³/mol. The molecular formula is C29H31N3O5. The molecule has 2 amide bonds. The number of hydrogen-bond donors (Lipinski definition) is 2. The van der Waals surface area contributed by atoms with Gasteiger partial charge in [0, 0.05) is 47.7 Å². The Kier molecular flexibility index (Phi) is 7.67. The maximum atomic E-state index is 13.1. The minimum Gasteiger partial charge on any atom is -0.488 e. The van der Waals surface area contributed by atoms with Crippen molar-refractivity contribution in [3.05, 3.63) is 83.4 Å². The van der Waals surface area contributed by atoms with Crippen LogP contribution in [0, 0.1) is 6.92 Å². The molecule has 37 heavy (non-hydrogen) atoms. The molecule has 3 aromatic carbocycles. The summed E-state index contributed by atoms with van der Waals surface area (Å²) in [4.78, 5) is 28.3. The highest BCUT2D eigenvalue weighted by Gasteiger charge is 2.19. The third-order valence-corrected chi connectivity index (χ3v) is 6.60. The number of morpholine rings is 1. The number of rotatable bonds is 7. The fourth-order valence-electron chi connectivity index (χ4n) is 4.47. The monoisotopic (exact) mass is 501 g/mol. The Morgan fingerprint density at radius 3 is 2.16 bits per heavy atom. The second-order valence-corrected chi connectivity index (χ2v) is 9.17. The van der Waals surface area contributed by atoms with E-state index in [0.717, 1.165) is 30.8 Å². The van der Waals surface area contributed by atoms with Crippen molar-refractivity contribution < 1.29 is 23.8 Å². The van der Waals surface area contributed by atoms with E-state index in [9.17, 15) is 9.59 Å². The molecule has 192 valence electrons. The molecule has 2 N–H and O–H groups in total. The van der Waals surface area contributed by atoms with E-state index in [1.165, 1.54) is 0 Å². The van der Waals surface area contributed by atoms with Crippen molar-refractivity contribution in [2.24, 2.45) is 0 Å². The van der Waals surface area contributed by atoms with Crippen LogP contribution in [0.3, 0.4) is 0 Å². The van der Waals surface area contributed by atoms with E-state index in [0.29, 0.717) is 54.7 Å². The normalized spacial score (nSPS) is 17.3. The van der Waals surface area contributed by atoms with Gasteiger partial charge in [0.1, 0.15) is 11.9 Å². The number of ether oxygens (including phenoxy) is 3. The minimum atomic E-state index is -0.252. The molecule has 2 saturated heterocycles. The quantitative estimate of drug-likeness (QED) is 0.496. The Morgan fingerprint density at radius 2 is 1.49 bits per heavy atom. The first-order chi connectivity index (χ1) is 18.1. The van der Waals surface area contributed by atoms with E-state index < -0.39 is 0 Å². The summed E-state index contributed by atoms with van der Waals surface area (Å²) >= 11 is 0. The van der Waals surface area contributed by atoms with Gasteiger partial charge in [0.15, 0.2) is 0 Å². The Labute approximate surface area is 216 Å². The van der Waals surface area contributed by atoms with Crippen LogP contribution in [0.5, 0.6) is 5.75 Å². The largest absolute Gasteiger partial charge is 0.488 e. The van der Waals surface area contributed by atoms with Gasteiger partial charge in [-0.15, -0.1) is 0 Å². The summed E-state index contributed by atoms with van der Waals surface area (Å²) in [5.41, 5.74) is 4.09. The van der Waals surface area contributed by atoms with Crippen LogP contribution in [0.2, 0.25) is 0 Å². The first-order valence-electron chi connectivity index (χ1n) is 12.6. The van der Waals surface area contributed by atoms with Gasteiger partial charge in [-0.05, 0) is 61.0 Å². The number of carbonyl (C=O) groups is 2. The van der Waals surface area contributed by atoms with Crippen molar-refractivity contribution in [3.63, 3.8) is 0 Å². The van der Waals surface area contributed by atoms with Crippen LogP contribution >= 0.6 is 0 Å². The fourth-order valence-corrected chi connectivity index (χ4v) is 4.47. The van der Waals surface area contributed by atoms with Gasteiger partial charge < -0.3 is 29.7 Å². The van der Waals surface area contributed by atoms with E-state index in [4.69, 9.17) is 14.2 Å². The Morgan fingerprint density at radius 1 is 0.838 bits per heavy atom. The smallest absolute Gasteiger partial charge is 0.255 e. The molecule has 2 fully saturated rings. The lowest BCUT2D eigenvalue weighted by Crippen LogP contribution is -2.36. The Balaban J connectivity index is 1.26. The highest BCUT2D eigenvalue weighted by atomic mass is 16.5. The summed E-state index contributed by atoms with van der Waals surface area (Å²) in [7, 11) is 0. The van der Waals surface area contributed by atoms with E-state index in [2.05, 4.69) is 15.5 Å². The molecule has 8 heteroatoms. The maximum Gasteiger partial charge on any atom is 0.255 e. The maximum absolute atomic E-state index is 13.1. The second-order valence-electron chi connectivity index (χ2n) is 9.17. The zero-order valence-corrected chi connectivity index (χ0v) is 20.9. The van der Waals surface area contributed by atoms with Crippen LogP contribution in [0.15, 0.2) is 66.7 Å². The van der Waals surface area contributed by atoms with Gasteiger partial charge in [0.25, 0.3) is 11.8 Å². The minimum absolute atomic E-state index is 0.00964. The summed E-state index contributed by atoms with van der Waals surface area (Å²) in [5, 5.41) is 5.96. The molecule has 0 spiro atoms. The van der Waals surface area contributed by atoms with E-state index in [1.54, 1.807) is 24.3 Å². The topological polar surface area (TPSA) is 89.1 Å². The SMILES string of the molecule is Cc1c(NC(=O)c2cccc(O[C@H]3CCOC3)c2)cccc1NC(=O)c1cccc(N2CCOCC2)c1. The molecule has 2 aliphatic heterocycles. The van der Waals surface area contributed by atoms with Crippen LogP contribution in [0.1, 0.15) is 32.7 Å². The van der Waals surface area contributed by atoms with Gasteiger partial charge in [-0.3, -0.25) is 9.59 Å². The Hall–Kier alpha value is -3.88. The van der Waals surface area contributed by atoms with E-state index in [-0.39, 0.29) is 17.9 Å². The molecule has 0 bridgehead atoms. The molecule has 5 rings (SSSR count). The van der Waals surface area contributed by atoms with Crippen LogP contribution in [0.4, 0.5) is 17.1 Å². The highest BCUT2D eigenvalue weighted by molar-refractivity contribution is 6.07. The number of hydrogen-bond acceptors (Lipinski definition) is 6. The second kappa shape index (κ2) is 11.5. The molecule has 0 unspecified atom stereocenters. The van der Waals surface area contributed by atoms with Gasteiger partial charge in [-0.25, -0.2) is 0 Å². The lowest BCUT2D eigenvalue weighted by Gasteiger charge is -2.29. The molecule has 0 radical (unpaired) electrons. The van der Waals surface area contributed by atoms with Crippen LogP contribution in [0.25, 0.3) is 0 Å². The van der Waals surface area contributed by atoms with Crippen molar-refractivity contribution in [3.8, 4) is 5.75 Å². The van der Waals surface area contributed by atoms with Crippen LogP contribution < -0.4 is 20.3 Å². The third kappa shape index (κ3) is 6.10. The average molecular weight is 502 g/mol. The summed E-state index contributed by atoms with van der Waals surface area (Å²) in [6.45, 7) is 6.09. The lowest BCUT2D eigenvalue weighted by atomic mass is 10.1. The van der Waals surface area contributed by atoms with Crippen LogP contribution in [-0.2, 0) is 9.47 Å². The fraction of sp³-hybridized carbons (Fsp3) is 0.310. The first kappa shape index (κ1) is 24.8. The number of amides is 2. The highest BCUT2D eigenvalue weighted by Crippen LogP contribution is 2.26. The first-order valence-corrected chi connectivity index (χ1v) is 12.6. The van der Waals surface area contributed by atoms with Gasteiger partial charge in [-0.1, -0.05) is 18.2 Å². The number of nitrogens with one attached hydrogen (secondary N) is 2. The zero-order valence-electron chi connectivity index (χ0n) is 20.9. The average Bonchev–Trinajstić information content (AvgIpc) is 3.44. The molecule has 3 aromatic rings. The summed E-state index contributed by atoms with van der Waals surface area (Å²) < 4.78 is 16.7. The summed E-state index contributed by atoms with van der Waals surface area (Å²) in [6.07, 6.45) is 0.849. The molecule has 1 atom stereocenters. The van der Waals surface area contributed by atoms with Crippen molar-refractivity contribution in [2.45, 2.75) is 19.4 Å². The number of nitrogens with zero attached hydrogens (tertiary/aromatic N) is 1. The number of benzene rings is 3. The predicted octanol–water partition coefficient (Wildman–Crippen LogP) is 4.50. The van der Waals surface area contributed by atoms with Crippen molar-refractivity contribution >= 4 is 28.9 Å². The van der Waals surface area contributed by atoms with E-state index in [1.807, 2.05) is 49.4 Å². The van der Waals surface area contributed by atoms with Crippen molar-refractivity contribution in [1.82, 2.24) is 0 Å². The van der Waals surface area contributed by atoms with Gasteiger partial charge in [0.05, 0.1) is 26.4 Å². The summed E-state index contributed by atoms with van der Waals surface area (Å²) in [5.74, 6) is 0.181. The molecule has 0 saturated carbocycles. The number of carbonyl (C=O) groups excluding carboxylic acids is 2. The molecule has 8 nitrogen and oxygen atoms in total. The van der Waals surface area contributed by atoms with E-state index >= 15 is 0 Å². The van der Waals surface area contributed by atoms with Crippen molar-refractivity contribution in [2.75, 3.05) is 55.1 Å². The molecule has 2 aliphatic rings. The molecular weight excluding hydrogens is 470 g/mol.